The van der Waals surface area contributed by atoms with Gasteiger partial charge in [0.1, 0.15) is 23.5 Å². The second-order valence-corrected chi connectivity index (χ2v) is 7.91. The van der Waals surface area contributed by atoms with E-state index in [-0.39, 0.29) is 5.91 Å². The molecule has 33 heavy (non-hydrogen) atoms. The quantitative estimate of drug-likeness (QED) is 0.394. The average Bonchev–Trinajstić information content (AvgIpc) is 3.52. The van der Waals surface area contributed by atoms with Crippen LogP contribution in [0.3, 0.4) is 0 Å². The minimum Gasteiger partial charge on any atom is -0.340 e. The fourth-order valence-electron chi connectivity index (χ4n) is 4.12. The maximum absolute atomic E-state index is 12.7. The van der Waals surface area contributed by atoms with Crippen LogP contribution in [0.15, 0.2) is 67.3 Å². The lowest BCUT2D eigenvalue weighted by Crippen LogP contribution is -2.35. The third-order valence-corrected chi connectivity index (χ3v) is 5.85. The SMILES string of the molecule is O=C(c1ccccn1)N1CC=C(c2cc3c(Nc4ccc5[nH]ncc5c4)ncnc3[nH]2)CC1. The predicted molar refractivity (Wildman–Crippen MR) is 126 cm³/mol. The lowest BCUT2D eigenvalue weighted by molar-refractivity contribution is 0.0767. The Kier molecular flexibility index (Phi) is 4.57. The summed E-state index contributed by atoms with van der Waals surface area (Å²) in [6, 6.07) is 13.4. The number of rotatable bonds is 4. The number of nitrogens with one attached hydrogen (secondary N) is 3. The van der Waals surface area contributed by atoms with Crippen molar-refractivity contribution in [3.05, 3.63) is 78.6 Å². The first kappa shape index (κ1) is 19.2. The number of amides is 1. The van der Waals surface area contributed by atoms with Gasteiger partial charge in [-0.3, -0.25) is 14.9 Å². The predicted octanol–water partition coefficient (Wildman–Crippen LogP) is 3.90. The molecule has 0 spiro atoms. The molecule has 1 aromatic carbocycles. The van der Waals surface area contributed by atoms with Crippen molar-refractivity contribution in [1.29, 1.82) is 0 Å². The third kappa shape index (κ3) is 3.59. The van der Waals surface area contributed by atoms with E-state index < -0.39 is 0 Å². The summed E-state index contributed by atoms with van der Waals surface area (Å²) in [6.07, 6.45) is 7.82. The molecule has 5 aromatic rings. The van der Waals surface area contributed by atoms with Crippen molar-refractivity contribution >= 4 is 44.9 Å². The van der Waals surface area contributed by atoms with Crippen molar-refractivity contribution in [3.63, 3.8) is 0 Å². The second kappa shape index (κ2) is 7.86. The zero-order valence-corrected chi connectivity index (χ0v) is 17.6. The highest BCUT2D eigenvalue weighted by atomic mass is 16.2. The Morgan fingerprint density at radius 1 is 1.09 bits per heavy atom. The summed E-state index contributed by atoms with van der Waals surface area (Å²) in [5, 5.41) is 12.4. The molecule has 6 rings (SSSR count). The highest BCUT2D eigenvalue weighted by Crippen LogP contribution is 2.30. The van der Waals surface area contributed by atoms with E-state index in [0.717, 1.165) is 51.1 Å². The Bertz CT molecular complexity index is 1500. The van der Waals surface area contributed by atoms with E-state index in [1.165, 1.54) is 0 Å². The van der Waals surface area contributed by atoms with Gasteiger partial charge in [-0.15, -0.1) is 0 Å². The summed E-state index contributed by atoms with van der Waals surface area (Å²) in [6.45, 7) is 1.18. The molecule has 5 heterocycles. The maximum atomic E-state index is 12.7. The summed E-state index contributed by atoms with van der Waals surface area (Å²) in [7, 11) is 0. The molecule has 0 atom stereocenters. The molecule has 0 unspecified atom stereocenters. The Labute approximate surface area is 188 Å². The number of pyridine rings is 1. The molecule has 0 saturated carbocycles. The van der Waals surface area contributed by atoms with Crippen molar-refractivity contribution in [3.8, 4) is 0 Å². The number of aromatic nitrogens is 6. The van der Waals surface area contributed by atoms with Crippen LogP contribution < -0.4 is 5.32 Å². The fraction of sp³-hybridized carbons (Fsp3) is 0.125. The van der Waals surface area contributed by atoms with Crippen molar-refractivity contribution in [2.24, 2.45) is 0 Å². The van der Waals surface area contributed by atoms with Crippen molar-refractivity contribution in [2.45, 2.75) is 6.42 Å². The van der Waals surface area contributed by atoms with E-state index in [2.05, 4.69) is 47.6 Å². The van der Waals surface area contributed by atoms with Crippen molar-refractivity contribution in [1.82, 2.24) is 35.0 Å². The van der Waals surface area contributed by atoms with E-state index in [1.807, 2.05) is 35.2 Å². The number of carbonyl (C=O) groups is 1. The lowest BCUT2D eigenvalue weighted by atomic mass is 10.0. The minimum atomic E-state index is -0.0468. The van der Waals surface area contributed by atoms with E-state index in [0.29, 0.717) is 18.8 Å². The van der Waals surface area contributed by atoms with Crippen LogP contribution in [0.5, 0.6) is 0 Å². The van der Waals surface area contributed by atoms with Gasteiger partial charge in [-0.1, -0.05) is 12.1 Å². The molecule has 1 amide bonds. The number of aromatic amines is 2. The normalized spacial score (nSPS) is 13.9. The Morgan fingerprint density at radius 3 is 2.91 bits per heavy atom. The van der Waals surface area contributed by atoms with E-state index in [9.17, 15) is 4.79 Å². The summed E-state index contributed by atoms with van der Waals surface area (Å²) >= 11 is 0. The number of fused-ring (bicyclic) bond motifs is 2. The molecule has 3 N–H and O–H groups in total. The maximum Gasteiger partial charge on any atom is 0.272 e. The van der Waals surface area contributed by atoms with Crippen LogP contribution in [-0.2, 0) is 0 Å². The van der Waals surface area contributed by atoms with Crippen molar-refractivity contribution in [2.75, 3.05) is 18.4 Å². The van der Waals surface area contributed by atoms with Crippen molar-refractivity contribution < 1.29 is 4.79 Å². The van der Waals surface area contributed by atoms with Crippen LogP contribution >= 0.6 is 0 Å². The highest BCUT2D eigenvalue weighted by molar-refractivity contribution is 5.94. The average molecular weight is 436 g/mol. The number of nitrogens with zero attached hydrogens (tertiary/aromatic N) is 5. The smallest absolute Gasteiger partial charge is 0.272 e. The first-order valence-electron chi connectivity index (χ1n) is 10.7. The molecule has 0 radical (unpaired) electrons. The Balaban J connectivity index is 1.24. The van der Waals surface area contributed by atoms with Crippen LogP contribution in [0, 0.1) is 0 Å². The molecular formula is C24H20N8O. The number of hydrogen-bond donors (Lipinski definition) is 3. The van der Waals surface area contributed by atoms with Gasteiger partial charge in [0.05, 0.1) is 17.1 Å². The molecule has 4 aromatic heterocycles. The number of H-pyrrole nitrogens is 2. The molecular weight excluding hydrogens is 416 g/mol. The van der Waals surface area contributed by atoms with Gasteiger partial charge in [0.2, 0.25) is 0 Å². The van der Waals surface area contributed by atoms with Gasteiger partial charge in [-0.25, -0.2) is 9.97 Å². The van der Waals surface area contributed by atoms with E-state index in [4.69, 9.17) is 0 Å². The monoisotopic (exact) mass is 436 g/mol. The van der Waals surface area contributed by atoms with Gasteiger partial charge in [-0.2, -0.15) is 5.10 Å². The molecule has 1 aliphatic heterocycles. The zero-order valence-electron chi connectivity index (χ0n) is 17.6. The number of benzene rings is 1. The highest BCUT2D eigenvalue weighted by Gasteiger charge is 2.21. The van der Waals surface area contributed by atoms with Crippen LogP contribution in [0.2, 0.25) is 0 Å². The number of hydrogen-bond acceptors (Lipinski definition) is 6. The second-order valence-electron chi connectivity index (χ2n) is 7.91. The minimum absolute atomic E-state index is 0.0468. The molecule has 9 heteroatoms. The molecule has 162 valence electrons. The Morgan fingerprint density at radius 2 is 2.06 bits per heavy atom. The van der Waals surface area contributed by atoms with Gasteiger partial charge >= 0.3 is 0 Å². The number of carbonyl (C=O) groups excluding carboxylic acids is 1. The van der Waals surface area contributed by atoms with Gasteiger partial charge < -0.3 is 15.2 Å². The van der Waals surface area contributed by atoms with Gasteiger partial charge in [0.25, 0.3) is 5.91 Å². The van der Waals surface area contributed by atoms with E-state index >= 15 is 0 Å². The summed E-state index contributed by atoms with van der Waals surface area (Å²) < 4.78 is 0. The zero-order chi connectivity index (χ0) is 22.2. The van der Waals surface area contributed by atoms with Crippen LogP contribution in [0.1, 0.15) is 22.6 Å². The molecule has 0 bridgehead atoms. The summed E-state index contributed by atoms with van der Waals surface area (Å²) in [4.78, 5) is 30.9. The largest absolute Gasteiger partial charge is 0.340 e. The molecule has 0 aliphatic carbocycles. The molecule has 1 aliphatic rings. The van der Waals surface area contributed by atoms with Gasteiger partial charge in [0, 0.05) is 36.1 Å². The first-order chi connectivity index (χ1) is 16.2. The molecule has 0 fully saturated rings. The fourth-order valence-corrected chi connectivity index (χ4v) is 4.12. The lowest BCUT2D eigenvalue weighted by Gasteiger charge is -2.25. The van der Waals surface area contributed by atoms with Gasteiger partial charge in [0.15, 0.2) is 0 Å². The van der Waals surface area contributed by atoms with Gasteiger partial charge in [-0.05, 0) is 48.4 Å². The first-order valence-corrected chi connectivity index (χ1v) is 10.7. The summed E-state index contributed by atoms with van der Waals surface area (Å²) in [5.41, 5.74) is 5.29. The van der Waals surface area contributed by atoms with Crippen LogP contribution in [-0.4, -0.2) is 54.0 Å². The Hall–Kier alpha value is -4.53. The number of anilines is 2. The van der Waals surface area contributed by atoms with Crippen LogP contribution in [0.25, 0.3) is 27.5 Å². The third-order valence-electron chi connectivity index (χ3n) is 5.85. The molecule has 9 nitrogen and oxygen atoms in total. The topological polar surface area (TPSA) is 115 Å². The summed E-state index contributed by atoms with van der Waals surface area (Å²) in [5.74, 6) is 0.684. The standard InChI is InChI=1S/C24H20N8O/c33-24(20-3-1-2-8-25-20)32-9-6-15(7-10-32)21-12-18-22(26-14-27-23(18)30-21)29-17-4-5-19-16(11-17)13-28-31-19/h1-6,8,11-14H,7,9-10H2,(H,28,31)(H2,26,27,29,30). The molecule has 0 saturated heterocycles. The van der Waals surface area contributed by atoms with Crippen LogP contribution in [0.4, 0.5) is 11.5 Å². The van der Waals surface area contributed by atoms with E-state index in [1.54, 1.807) is 24.8 Å².